The van der Waals surface area contributed by atoms with Crippen molar-refractivity contribution < 1.29 is 23.0 Å². The largest absolute Gasteiger partial charge is 0.496 e. The lowest BCUT2D eigenvalue weighted by Gasteiger charge is -2.15. The van der Waals surface area contributed by atoms with Crippen LogP contribution in [0.5, 0.6) is 5.75 Å². The van der Waals surface area contributed by atoms with Crippen molar-refractivity contribution >= 4 is 0 Å². The molecule has 0 radical (unpaired) electrons. The zero-order chi connectivity index (χ0) is 12.7. The highest BCUT2D eigenvalue weighted by atomic mass is 19.4. The van der Waals surface area contributed by atoms with Crippen molar-refractivity contribution in [1.29, 1.82) is 0 Å². The van der Waals surface area contributed by atoms with Crippen LogP contribution in [-0.2, 0) is 12.6 Å². The molecule has 1 aromatic rings. The number of methoxy groups -OCH3 is 1. The van der Waals surface area contributed by atoms with Gasteiger partial charge in [0.2, 0.25) is 0 Å². The minimum atomic E-state index is -4.37. The van der Waals surface area contributed by atoms with E-state index in [-0.39, 0.29) is 6.42 Å². The van der Waals surface area contributed by atoms with E-state index in [2.05, 4.69) is 0 Å². The van der Waals surface area contributed by atoms with E-state index >= 15 is 0 Å². The lowest BCUT2D eigenvalue weighted by molar-refractivity contribution is -0.137. The van der Waals surface area contributed by atoms with Crippen LogP contribution in [0.25, 0.3) is 0 Å². The number of aliphatic hydroxyl groups is 1. The first-order chi connectivity index (χ1) is 7.84. The maximum absolute atomic E-state index is 12.5. The molecule has 94 valence electrons. The Labute approximate surface area is 97.0 Å². The molecule has 0 heterocycles. The highest BCUT2D eigenvalue weighted by Crippen LogP contribution is 2.41. The van der Waals surface area contributed by atoms with Gasteiger partial charge < -0.3 is 9.84 Å². The third-order valence-corrected chi connectivity index (χ3v) is 2.95. The molecule has 0 atom stereocenters. The molecule has 17 heavy (non-hydrogen) atoms. The maximum Gasteiger partial charge on any atom is 0.416 e. The van der Waals surface area contributed by atoms with Gasteiger partial charge in [-0.25, -0.2) is 0 Å². The fraction of sp³-hybridized carbons (Fsp3) is 0.500. The molecule has 1 saturated carbocycles. The average molecular weight is 246 g/mol. The lowest BCUT2D eigenvalue weighted by Crippen LogP contribution is -2.13. The number of alkyl halides is 3. The van der Waals surface area contributed by atoms with E-state index in [0.29, 0.717) is 24.2 Å². The van der Waals surface area contributed by atoms with Crippen molar-refractivity contribution in [3.8, 4) is 5.75 Å². The number of benzene rings is 1. The van der Waals surface area contributed by atoms with Gasteiger partial charge in [0.1, 0.15) is 5.75 Å². The third-order valence-electron chi connectivity index (χ3n) is 2.95. The number of hydrogen-bond donors (Lipinski definition) is 1. The SMILES string of the molecule is COc1ccc(C(F)(F)F)cc1CC1(O)CC1. The van der Waals surface area contributed by atoms with Crippen LogP contribution in [0.2, 0.25) is 0 Å². The summed E-state index contributed by atoms with van der Waals surface area (Å²) in [7, 11) is 1.41. The van der Waals surface area contributed by atoms with Gasteiger partial charge in [-0.3, -0.25) is 0 Å². The molecule has 0 bridgehead atoms. The highest BCUT2D eigenvalue weighted by molar-refractivity contribution is 5.39. The molecule has 5 heteroatoms. The molecule has 0 unspecified atom stereocenters. The van der Waals surface area contributed by atoms with Crippen LogP contribution in [0.4, 0.5) is 13.2 Å². The Morgan fingerprint density at radius 2 is 2.00 bits per heavy atom. The minimum Gasteiger partial charge on any atom is -0.496 e. The van der Waals surface area contributed by atoms with Gasteiger partial charge in [-0.05, 0) is 36.6 Å². The van der Waals surface area contributed by atoms with E-state index in [1.807, 2.05) is 0 Å². The second-order valence-electron chi connectivity index (χ2n) is 4.43. The molecule has 1 aliphatic rings. The number of rotatable bonds is 3. The van der Waals surface area contributed by atoms with Gasteiger partial charge in [0.15, 0.2) is 0 Å². The fourth-order valence-electron chi connectivity index (χ4n) is 1.77. The smallest absolute Gasteiger partial charge is 0.416 e. The maximum atomic E-state index is 12.5. The molecule has 1 N–H and O–H groups in total. The van der Waals surface area contributed by atoms with Crippen LogP contribution in [0.15, 0.2) is 18.2 Å². The van der Waals surface area contributed by atoms with E-state index in [1.54, 1.807) is 0 Å². The number of ether oxygens (including phenoxy) is 1. The van der Waals surface area contributed by atoms with Gasteiger partial charge in [0.25, 0.3) is 0 Å². The van der Waals surface area contributed by atoms with Gasteiger partial charge >= 0.3 is 6.18 Å². The van der Waals surface area contributed by atoms with Gasteiger partial charge in [-0.15, -0.1) is 0 Å². The number of hydrogen-bond acceptors (Lipinski definition) is 2. The lowest BCUT2D eigenvalue weighted by atomic mass is 10.0. The molecule has 2 rings (SSSR count). The molecule has 0 aliphatic heterocycles. The molecule has 1 aliphatic carbocycles. The Bertz CT molecular complexity index is 422. The van der Waals surface area contributed by atoms with E-state index < -0.39 is 17.3 Å². The van der Waals surface area contributed by atoms with Gasteiger partial charge in [-0.1, -0.05) is 0 Å². The van der Waals surface area contributed by atoms with Crippen LogP contribution in [0.1, 0.15) is 24.0 Å². The zero-order valence-corrected chi connectivity index (χ0v) is 9.34. The predicted octanol–water partition coefficient (Wildman–Crippen LogP) is 2.78. The van der Waals surface area contributed by atoms with Crippen molar-refractivity contribution in [2.45, 2.75) is 31.0 Å². The summed E-state index contributed by atoms with van der Waals surface area (Å²) in [4.78, 5) is 0. The molecule has 0 spiro atoms. The topological polar surface area (TPSA) is 29.5 Å². The van der Waals surface area contributed by atoms with Crippen LogP contribution in [-0.4, -0.2) is 17.8 Å². The first-order valence-electron chi connectivity index (χ1n) is 5.31. The Kier molecular flexibility index (Phi) is 2.81. The first-order valence-corrected chi connectivity index (χ1v) is 5.31. The molecule has 1 aromatic carbocycles. The van der Waals surface area contributed by atoms with Crippen LogP contribution in [0, 0.1) is 0 Å². The Morgan fingerprint density at radius 3 is 2.47 bits per heavy atom. The first kappa shape index (κ1) is 12.2. The van der Waals surface area contributed by atoms with Crippen LogP contribution < -0.4 is 4.74 Å². The molecule has 0 amide bonds. The monoisotopic (exact) mass is 246 g/mol. The Balaban J connectivity index is 2.32. The molecule has 2 nitrogen and oxygen atoms in total. The molecular weight excluding hydrogens is 233 g/mol. The van der Waals surface area contributed by atoms with Gasteiger partial charge in [0, 0.05) is 6.42 Å². The van der Waals surface area contributed by atoms with Crippen molar-refractivity contribution in [2.75, 3.05) is 7.11 Å². The van der Waals surface area contributed by atoms with Crippen molar-refractivity contribution in [3.05, 3.63) is 29.3 Å². The van der Waals surface area contributed by atoms with Crippen LogP contribution in [0.3, 0.4) is 0 Å². The zero-order valence-electron chi connectivity index (χ0n) is 9.34. The van der Waals surface area contributed by atoms with E-state index in [0.717, 1.165) is 12.1 Å². The molecule has 1 fully saturated rings. The molecule has 0 saturated heterocycles. The fourth-order valence-corrected chi connectivity index (χ4v) is 1.77. The summed E-state index contributed by atoms with van der Waals surface area (Å²) in [6, 6.07) is 3.33. The highest BCUT2D eigenvalue weighted by Gasteiger charge is 2.41. The van der Waals surface area contributed by atoms with Crippen molar-refractivity contribution in [1.82, 2.24) is 0 Å². The predicted molar refractivity (Wildman–Crippen MR) is 55.9 cm³/mol. The minimum absolute atomic E-state index is 0.208. The normalized spacial score (nSPS) is 17.9. The molecule has 0 aromatic heterocycles. The second kappa shape index (κ2) is 3.91. The molecular formula is C12H13F3O2. The summed E-state index contributed by atoms with van der Waals surface area (Å²) in [5, 5.41) is 9.76. The summed E-state index contributed by atoms with van der Waals surface area (Å²) >= 11 is 0. The second-order valence-corrected chi connectivity index (χ2v) is 4.43. The quantitative estimate of drug-likeness (QED) is 0.888. The Morgan fingerprint density at radius 1 is 1.35 bits per heavy atom. The van der Waals surface area contributed by atoms with Crippen LogP contribution >= 0.6 is 0 Å². The van der Waals surface area contributed by atoms with E-state index in [1.165, 1.54) is 13.2 Å². The summed E-state index contributed by atoms with van der Waals surface area (Å²) in [6.07, 6.45) is -2.90. The van der Waals surface area contributed by atoms with Crippen molar-refractivity contribution in [2.24, 2.45) is 0 Å². The number of halogens is 3. The standard InChI is InChI=1S/C12H13F3O2/c1-17-10-3-2-9(12(13,14)15)6-8(10)7-11(16)4-5-11/h2-3,6,16H,4-5,7H2,1H3. The third kappa shape index (κ3) is 2.72. The Hall–Kier alpha value is -1.23. The summed E-state index contributed by atoms with van der Waals surface area (Å²) in [6.45, 7) is 0. The summed E-state index contributed by atoms with van der Waals surface area (Å²) in [5.74, 6) is 0.387. The van der Waals surface area contributed by atoms with E-state index in [4.69, 9.17) is 4.74 Å². The van der Waals surface area contributed by atoms with Gasteiger partial charge in [0.05, 0.1) is 18.3 Å². The average Bonchev–Trinajstić information content (AvgIpc) is 2.94. The summed E-state index contributed by atoms with van der Waals surface area (Å²) < 4.78 is 42.7. The van der Waals surface area contributed by atoms with E-state index in [9.17, 15) is 18.3 Å². The summed E-state index contributed by atoms with van der Waals surface area (Å²) in [5.41, 5.74) is -1.14. The van der Waals surface area contributed by atoms with Crippen molar-refractivity contribution in [3.63, 3.8) is 0 Å². The van der Waals surface area contributed by atoms with Gasteiger partial charge in [-0.2, -0.15) is 13.2 Å².